The number of rotatable bonds is 3. The summed E-state index contributed by atoms with van der Waals surface area (Å²) in [5.41, 5.74) is 5.58. The molecule has 1 rings (SSSR count). The molecule has 0 bridgehead atoms. The van der Waals surface area contributed by atoms with Gasteiger partial charge < -0.3 is 10.8 Å². The van der Waals surface area contributed by atoms with Crippen molar-refractivity contribution < 1.29 is 9.90 Å². The Bertz CT molecular complexity index is 193. The van der Waals surface area contributed by atoms with Gasteiger partial charge >= 0.3 is 5.97 Å². The Labute approximate surface area is 79.3 Å². The first-order chi connectivity index (χ1) is 6.08. The van der Waals surface area contributed by atoms with Crippen molar-refractivity contribution in [3.05, 3.63) is 0 Å². The Balaban J connectivity index is 2.61. The van der Waals surface area contributed by atoms with Crippen LogP contribution >= 0.6 is 0 Å². The minimum Gasteiger partial charge on any atom is -0.481 e. The number of aliphatic carboxylic acids is 1. The van der Waals surface area contributed by atoms with Crippen LogP contribution < -0.4 is 5.73 Å². The highest BCUT2D eigenvalue weighted by Crippen LogP contribution is 2.41. The van der Waals surface area contributed by atoms with Crippen LogP contribution in [0.5, 0.6) is 0 Å². The number of carbonyl (C=O) groups is 1. The van der Waals surface area contributed by atoms with Crippen LogP contribution in [0.4, 0.5) is 0 Å². The average Bonchev–Trinajstić information content (AvgIpc) is 2.03. The molecule has 0 aliphatic heterocycles. The maximum absolute atomic E-state index is 10.7. The number of carboxylic acid groups (broad SMARTS) is 1. The lowest BCUT2D eigenvalue weighted by atomic mass is 9.68. The molecule has 0 spiro atoms. The molecule has 0 aromatic heterocycles. The number of nitrogens with two attached hydrogens (primary N) is 1. The molecule has 3 N–H and O–H groups in total. The zero-order valence-corrected chi connectivity index (χ0v) is 8.25. The zero-order chi connectivity index (χ0) is 9.90. The van der Waals surface area contributed by atoms with Gasteiger partial charge in [-0.3, -0.25) is 4.79 Å². The predicted molar refractivity (Wildman–Crippen MR) is 51.4 cm³/mol. The summed E-state index contributed by atoms with van der Waals surface area (Å²) >= 11 is 0. The van der Waals surface area contributed by atoms with Gasteiger partial charge in [-0.25, -0.2) is 0 Å². The van der Waals surface area contributed by atoms with Crippen molar-refractivity contribution in [1.82, 2.24) is 0 Å². The maximum atomic E-state index is 10.7. The minimum absolute atomic E-state index is 0.108. The van der Waals surface area contributed by atoms with E-state index in [9.17, 15) is 4.79 Å². The average molecular weight is 185 g/mol. The molecule has 13 heavy (non-hydrogen) atoms. The lowest BCUT2D eigenvalue weighted by Crippen LogP contribution is -2.37. The zero-order valence-electron chi connectivity index (χ0n) is 8.25. The predicted octanol–water partition coefficient (Wildman–Crippen LogP) is 1.62. The van der Waals surface area contributed by atoms with E-state index < -0.39 is 5.97 Å². The molecule has 1 aliphatic rings. The van der Waals surface area contributed by atoms with E-state index in [1.165, 1.54) is 6.42 Å². The van der Waals surface area contributed by atoms with E-state index in [4.69, 9.17) is 10.8 Å². The molecule has 0 aromatic carbocycles. The second kappa shape index (κ2) is 4.09. The van der Waals surface area contributed by atoms with E-state index in [2.05, 4.69) is 6.92 Å². The standard InChI is InChI=1S/C10H19NO2/c1-8-3-2-4-10(5-8,7-11)6-9(12)13/h8H,2-7,11H2,1H3,(H,12,13)/t8-,10-/m1/s1. The third kappa shape index (κ3) is 2.69. The molecule has 0 radical (unpaired) electrons. The van der Waals surface area contributed by atoms with Gasteiger partial charge in [0.15, 0.2) is 0 Å². The first kappa shape index (κ1) is 10.5. The quantitative estimate of drug-likeness (QED) is 0.702. The fourth-order valence-corrected chi connectivity index (χ4v) is 2.51. The van der Waals surface area contributed by atoms with Gasteiger partial charge in [0.25, 0.3) is 0 Å². The second-order valence-corrected chi connectivity index (χ2v) is 4.48. The van der Waals surface area contributed by atoms with Crippen LogP contribution in [0, 0.1) is 11.3 Å². The lowest BCUT2D eigenvalue weighted by molar-refractivity contribution is -0.140. The van der Waals surface area contributed by atoms with Crippen LogP contribution in [-0.2, 0) is 4.79 Å². The minimum atomic E-state index is -0.709. The first-order valence-corrected chi connectivity index (χ1v) is 5.00. The second-order valence-electron chi connectivity index (χ2n) is 4.48. The van der Waals surface area contributed by atoms with Crippen molar-refractivity contribution in [3.63, 3.8) is 0 Å². The molecule has 0 aromatic rings. The Morgan fingerprint density at radius 3 is 2.85 bits per heavy atom. The van der Waals surface area contributed by atoms with Crippen molar-refractivity contribution >= 4 is 5.97 Å². The van der Waals surface area contributed by atoms with E-state index in [1.807, 2.05) is 0 Å². The molecule has 2 atom stereocenters. The van der Waals surface area contributed by atoms with Gasteiger partial charge in [0.1, 0.15) is 0 Å². The molecule has 0 heterocycles. The number of carboxylic acids is 1. The van der Waals surface area contributed by atoms with Crippen molar-refractivity contribution in [3.8, 4) is 0 Å². The van der Waals surface area contributed by atoms with Gasteiger partial charge in [0, 0.05) is 0 Å². The molecular weight excluding hydrogens is 166 g/mol. The normalized spacial score (nSPS) is 34.5. The highest BCUT2D eigenvalue weighted by molar-refractivity contribution is 5.67. The lowest BCUT2D eigenvalue weighted by Gasteiger charge is -2.38. The summed E-state index contributed by atoms with van der Waals surface area (Å²) in [6.45, 7) is 2.70. The van der Waals surface area contributed by atoms with Crippen molar-refractivity contribution in [2.75, 3.05) is 6.54 Å². The largest absolute Gasteiger partial charge is 0.481 e. The van der Waals surface area contributed by atoms with Crippen LogP contribution in [0.1, 0.15) is 39.0 Å². The summed E-state index contributed by atoms with van der Waals surface area (Å²) in [7, 11) is 0. The van der Waals surface area contributed by atoms with Gasteiger partial charge in [-0.1, -0.05) is 19.8 Å². The van der Waals surface area contributed by atoms with Gasteiger partial charge in [-0.05, 0) is 30.7 Å². The molecule has 3 heteroatoms. The molecule has 1 saturated carbocycles. The van der Waals surface area contributed by atoms with Crippen LogP contribution in [-0.4, -0.2) is 17.6 Å². The summed E-state index contributed by atoms with van der Waals surface area (Å²) < 4.78 is 0. The van der Waals surface area contributed by atoms with E-state index >= 15 is 0 Å². The fraction of sp³-hybridized carbons (Fsp3) is 0.900. The van der Waals surface area contributed by atoms with Gasteiger partial charge in [-0.2, -0.15) is 0 Å². The van der Waals surface area contributed by atoms with E-state index in [0.29, 0.717) is 12.5 Å². The van der Waals surface area contributed by atoms with Gasteiger partial charge in [0.2, 0.25) is 0 Å². The third-order valence-electron chi connectivity index (χ3n) is 3.14. The number of hydrogen-bond acceptors (Lipinski definition) is 2. The SMILES string of the molecule is C[C@@H]1CCC[C@](CN)(CC(=O)O)C1. The Kier molecular flexibility index (Phi) is 3.31. The summed E-state index contributed by atoms with van der Waals surface area (Å²) in [5, 5.41) is 8.79. The van der Waals surface area contributed by atoms with Crippen molar-refractivity contribution in [2.24, 2.45) is 17.1 Å². The summed E-state index contributed by atoms with van der Waals surface area (Å²) in [6, 6.07) is 0. The van der Waals surface area contributed by atoms with Crippen LogP contribution in [0.3, 0.4) is 0 Å². The topological polar surface area (TPSA) is 63.3 Å². The van der Waals surface area contributed by atoms with Crippen molar-refractivity contribution in [2.45, 2.75) is 39.0 Å². The van der Waals surface area contributed by atoms with Crippen LogP contribution in [0.15, 0.2) is 0 Å². The molecule has 76 valence electrons. The van der Waals surface area contributed by atoms with Gasteiger partial charge in [0.05, 0.1) is 6.42 Å². The summed E-state index contributed by atoms with van der Waals surface area (Å²) in [6.07, 6.45) is 4.57. The van der Waals surface area contributed by atoms with Crippen LogP contribution in [0.2, 0.25) is 0 Å². The smallest absolute Gasteiger partial charge is 0.303 e. The number of hydrogen-bond donors (Lipinski definition) is 2. The molecule has 1 aliphatic carbocycles. The van der Waals surface area contributed by atoms with Crippen LogP contribution in [0.25, 0.3) is 0 Å². The maximum Gasteiger partial charge on any atom is 0.303 e. The monoisotopic (exact) mass is 185 g/mol. The Morgan fingerprint density at radius 1 is 1.69 bits per heavy atom. The van der Waals surface area contributed by atoms with E-state index in [1.54, 1.807) is 0 Å². The molecule has 0 amide bonds. The molecule has 3 nitrogen and oxygen atoms in total. The fourth-order valence-electron chi connectivity index (χ4n) is 2.51. The Hall–Kier alpha value is -0.570. The highest BCUT2D eigenvalue weighted by atomic mass is 16.4. The highest BCUT2D eigenvalue weighted by Gasteiger charge is 2.35. The van der Waals surface area contributed by atoms with Crippen molar-refractivity contribution in [1.29, 1.82) is 0 Å². The summed E-state index contributed by atoms with van der Waals surface area (Å²) in [4.78, 5) is 10.7. The summed E-state index contributed by atoms with van der Waals surface area (Å²) in [5.74, 6) is -0.0730. The third-order valence-corrected chi connectivity index (χ3v) is 3.14. The molecular formula is C10H19NO2. The Morgan fingerprint density at radius 2 is 2.38 bits per heavy atom. The first-order valence-electron chi connectivity index (χ1n) is 5.00. The van der Waals surface area contributed by atoms with E-state index in [0.717, 1.165) is 19.3 Å². The molecule has 0 unspecified atom stereocenters. The molecule has 0 saturated heterocycles. The van der Waals surface area contributed by atoms with E-state index in [-0.39, 0.29) is 11.8 Å². The van der Waals surface area contributed by atoms with Gasteiger partial charge in [-0.15, -0.1) is 0 Å². The molecule has 1 fully saturated rings.